The van der Waals surface area contributed by atoms with Gasteiger partial charge in [0.25, 0.3) is 0 Å². The van der Waals surface area contributed by atoms with Crippen LogP contribution in [0.3, 0.4) is 0 Å². The smallest absolute Gasteiger partial charge is 0.0929 e. The predicted octanol–water partition coefficient (Wildman–Crippen LogP) is 2.74. The molecule has 0 aliphatic rings. The molecule has 0 saturated heterocycles. The fourth-order valence-electron chi connectivity index (χ4n) is 0.707. The van der Waals surface area contributed by atoms with Crippen LogP contribution in [0.15, 0.2) is 58.8 Å². The summed E-state index contributed by atoms with van der Waals surface area (Å²) < 4.78 is 0. The van der Waals surface area contributed by atoms with Crippen molar-refractivity contribution in [3.63, 3.8) is 0 Å². The van der Waals surface area contributed by atoms with Crippen LogP contribution < -0.4 is 0 Å². The summed E-state index contributed by atoms with van der Waals surface area (Å²) in [7, 11) is 0. The molecule has 0 fully saturated rings. The first kappa shape index (κ1) is 14.5. The van der Waals surface area contributed by atoms with Gasteiger partial charge < -0.3 is 0 Å². The molecule has 0 bridgehead atoms. The van der Waals surface area contributed by atoms with E-state index in [0.29, 0.717) is 0 Å². The van der Waals surface area contributed by atoms with Crippen LogP contribution in [0.5, 0.6) is 0 Å². The Hall–Kier alpha value is -0.481. The molecule has 0 spiro atoms. The van der Waals surface area contributed by atoms with Gasteiger partial charge in [-0.15, -0.1) is 25.3 Å². The molecule has 0 aliphatic heterocycles. The third kappa shape index (κ3) is 7.45. The van der Waals surface area contributed by atoms with Crippen LogP contribution in [-0.4, -0.2) is 9.97 Å². The zero-order chi connectivity index (χ0) is 10.2. The van der Waals surface area contributed by atoms with Crippen molar-refractivity contribution in [2.45, 2.75) is 10.1 Å². The van der Waals surface area contributed by atoms with Crippen molar-refractivity contribution in [3.8, 4) is 0 Å². The monoisotopic (exact) mass is 285 g/mol. The fraction of sp³-hybridized carbons (Fsp3) is 0. The van der Waals surface area contributed by atoms with E-state index in [1.807, 2.05) is 36.4 Å². The van der Waals surface area contributed by atoms with Gasteiger partial charge in [0, 0.05) is 29.5 Å². The molecule has 2 nitrogen and oxygen atoms in total. The molecule has 0 saturated carbocycles. The van der Waals surface area contributed by atoms with Crippen LogP contribution in [-0.2, 0) is 17.1 Å². The van der Waals surface area contributed by atoms with Gasteiger partial charge in [0.05, 0.1) is 10.1 Å². The van der Waals surface area contributed by atoms with Crippen molar-refractivity contribution in [2.24, 2.45) is 0 Å². The van der Waals surface area contributed by atoms with Crippen LogP contribution in [0.2, 0.25) is 0 Å². The molecule has 2 heterocycles. The predicted molar refractivity (Wildman–Crippen MR) is 63.0 cm³/mol. The zero-order valence-electron chi connectivity index (χ0n) is 7.71. The van der Waals surface area contributed by atoms with Crippen molar-refractivity contribution in [2.75, 3.05) is 0 Å². The number of nitrogens with zero attached hydrogens (tertiary/aromatic N) is 2. The van der Waals surface area contributed by atoms with E-state index in [4.69, 9.17) is 0 Å². The summed E-state index contributed by atoms with van der Waals surface area (Å²) in [6.45, 7) is 0. The van der Waals surface area contributed by atoms with E-state index in [-0.39, 0.29) is 17.1 Å². The molecule has 2 aromatic heterocycles. The Bertz CT molecular complexity index is 319. The summed E-state index contributed by atoms with van der Waals surface area (Å²) in [5.74, 6) is 0. The summed E-state index contributed by atoms with van der Waals surface area (Å²) in [6.07, 6.45) is 3.42. The average Bonchev–Trinajstić information content (AvgIpc) is 2.21. The molecule has 0 aliphatic carbocycles. The number of hydrogen-bond donors (Lipinski definition) is 2. The van der Waals surface area contributed by atoms with Crippen LogP contribution in [0, 0.1) is 0 Å². The first-order valence-corrected chi connectivity index (χ1v) is 4.88. The molecule has 0 aromatic carbocycles. The SMILES string of the molecule is Sc1ccccn1.Sc1ccccn1.[Cu]. The second-order valence-electron chi connectivity index (χ2n) is 2.38. The first-order valence-electron chi connectivity index (χ1n) is 3.99. The Labute approximate surface area is 111 Å². The van der Waals surface area contributed by atoms with Crippen molar-refractivity contribution in [1.29, 1.82) is 0 Å². The summed E-state index contributed by atoms with van der Waals surface area (Å²) in [4.78, 5) is 7.69. The van der Waals surface area contributed by atoms with Crippen LogP contribution in [0.4, 0.5) is 0 Å². The third-order valence-corrected chi connectivity index (χ3v) is 1.83. The maximum atomic E-state index is 3.97. The van der Waals surface area contributed by atoms with Gasteiger partial charge >= 0.3 is 0 Å². The Balaban J connectivity index is 0.000000245. The summed E-state index contributed by atoms with van der Waals surface area (Å²) in [6, 6.07) is 11.2. The van der Waals surface area contributed by atoms with Crippen molar-refractivity contribution in [1.82, 2.24) is 9.97 Å². The van der Waals surface area contributed by atoms with Crippen LogP contribution >= 0.6 is 25.3 Å². The number of hydrogen-bond acceptors (Lipinski definition) is 4. The number of thiol groups is 2. The molecule has 2 aromatic rings. The molecular formula is C10H10CuN2S2. The van der Waals surface area contributed by atoms with Gasteiger partial charge in [0.15, 0.2) is 0 Å². The second-order valence-corrected chi connectivity index (χ2v) is 3.29. The molecule has 83 valence electrons. The summed E-state index contributed by atoms with van der Waals surface area (Å²) in [5, 5.41) is 1.53. The standard InChI is InChI=1S/2C5H5NS.Cu/c2*7-5-3-1-2-4-6-5;/h2*1-4H,(H,6,7);. The van der Waals surface area contributed by atoms with Crippen molar-refractivity contribution < 1.29 is 17.1 Å². The Morgan fingerprint density at radius 1 is 0.733 bits per heavy atom. The fourth-order valence-corrected chi connectivity index (χ4v) is 1.01. The molecule has 1 radical (unpaired) electrons. The van der Waals surface area contributed by atoms with Crippen molar-refractivity contribution in [3.05, 3.63) is 48.8 Å². The maximum absolute atomic E-state index is 3.97. The molecule has 0 N–H and O–H groups in total. The molecule has 0 unspecified atom stereocenters. The summed E-state index contributed by atoms with van der Waals surface area (Å²) >= 11 is 7.95. The van der Waals surface area contributed by atoms with Gasteiger partial charge in [-0.3, -0.25) is 9.97 Å². The minimum absolute atomic E-state index is 0. The Morgan fingerprint density at radius 3 is 1.27 bits per heavy atom. The van der Waals surface area contributed by atoms with Crippen LogP contribution in [0.1, 0.15) is 0 Å². The number of aromatic nitrogens is 2. The van der Waals surface area contributed by atoms with E-state index in [0.717, 1.165) is 10.1 Å². The average molecular weight is 286 g/mol. The zero-order valence-corrected chi connectivity index (χ0v) is 10.4. The largest absolute Gasteiger partial charge is 0.250 e. The second kappa shape index (κ2) is 8.80. The normalized spacial score (nSPS) is 8.13. The number of pyridine rings is 2. The van der Waals surface area contributed by atoms with E-state index in [1.54, 1.807) is 12.4 Å². The molecule has 0 atom stereocenters. The summed E-state index contributed by atoms with van der Waals surface area (Å²) in [5.41, 5.74) is 0. The Morgan fingerprint density at radius 2 is 1.13 bits per heavy atom. The van der Waals surface area contributed by atoms with Crippen LogP contribution in [0.25, 0.3) is 0 Å². The van der Waals surface area contributed by atoms with Gasteiger partial charge in [-0.1, -0.05) is 12.1 Å². The van der Waals surface area contributed by atoms with Gasteiger partial charge in [-0.05, 0) is 24.3 Å². The van der Waals surface area contributed by atoms with E-state index in [1.165, 1.54) is 0 Å². The molecule has 0 amide bonds. The topological polar surface area (TPSA) is 25.8 Å². The van der Waals surface area contributed by atoms with E-state index in [9.17, 15) is 0 Å². The number of rotatable bonds is 0. The minimum Gasteiger partial charge on any atom is -0.250 e. The molecule has 15 heavy (non-hydrogen) atoms. The first-order chi connectivity index (χ1) is 6.79. The molecule has 2 rings (SSSR count). The molecule has 5 heteroatoms. The minimum atomic E-state index is 0. The Kier molecular flexibility index (Phi) is 8.52. The van der Waals surface area contributed by atoms with Gasteiger partial charge in [-0.2, -0.15) is 0 Å². The third-order valence-electron chi connectivity index (χ3n) is 1.30. The van der Waals surface area contributed by atoms with Gasteiger partial charge in [-0.25, -0.2) is 0 Å². The van der Waals surface area contributed by atoms with E-state index in [2.05, 4.69) is 35.2 Å². The van der Waals surface area contributed by atoms with E-state index >= 15 is 0 Å². The van der Waals surface area contributed by atoms with Gasteiger partial charge in [0.2, 0.25) is 0 Å². The van der Waals surface area contributed by atoms with E-state index < -0.39 is 0 Å². The quantitative estimate of drug-likeness (QED) is 0.575. The molecular weight excluding hydrogens is 276 g/mol. The van der Waals surface area contributed by atoms with Gasteiger partial charge in [0.1, 0.15) is 0 Å². The van der Waals surface area contributed by atoms with Crippen molar-refractivity contribution >= 4 is 25.3 Å². The maximum Gasteiger partial charge on any atom is 0.0929 e.